The van der Waals surface area contributed by atoms with E-state index < -0.39 is 0 Å². The van der Waals surface area contributed by atoms with E-state index in [2.05, 4.69) is 29.0 Å². The minimum Gasteiger partial charge on any atom is -0.379 e. The van der Waals surface area contributed by atoms with Crippen molar-refractivity contribution < 1.29 is 9.53 Å². The van der Waals surface area contributed by atoms with Gasteiger partial charge < -0.3 is 10.1 Å². The van der Waals surface area contributed by atoms with Crippen molar-refractivity contribution in [3.05, 3.63) is 30.1 Å². The Morgan fingerprint density at radius 2 is 2.17 bits per heavy atom. The third kappa shape index (κ3) is 6.67. The molecule has 1 aliphatic rings. The highest BCUT2D eigenvalue weighted by Gasteiger charge is 2.17. The van der Waals surface area contributed by atoms with E-state index in [1.54, 1.807) is 6.20 Å². The minimum absolute atomic E-state index is 0.0552. The Hall–Kier alpha value is -1.46. The maximum atomic E-state index is 12.3. The summed E-state index contributed by atoms with van der Waals surface area (Å²) in [6, 6.07) is 4.01. The van der Waals surface area contributed by atoms with Gasteiger partial charge in [0.25, 0.3) is 0 Å². The van der Waals surface area contributed by atoms with Gasteiger partial charge in [-0.2, -0.15) is 0 Å². The van der Waals surface area contributed by atoms with E-state index in [0.29, 0.717) is 12.3 Å². The Balaban J connectivity index is 1.78. The quantitative estimate of drug-likeness (QED) is 0.799. The van der Waals surface area contributed by atoms with E-state index >= 15 is 0 Å². The number of hydrogen-bond donors (Lipinski definition) is 1. The van der Waals surface area contributed by atoms with Gasteiger partial charge in [0.2, 0.25) is 5.91 Å². The number of nitrogens with one attached hydrogen (secondary N) is 1. The molecule has 1 N–H and O–H groups in total. The number of pyridine rings is 1. The highest BCUT2D eigenvalue weighted by molar-refractivity contribution is 5.76. The van der Waals surface area contributed by atoms with E-state index in [9.17, 15) is 4.79 Å². The molecule has 5 heteroatoms. The van der Waals surface area contributed by atoms with Crippen molar-refractivity contribution in [1.82, 2.24) is 15.2 Å². The molecule has 1 fully saturated rings. The van der Waals surface area contributed by atoms with Gasteiger partial charge in [0.1, 0.15) is 0 Å². The molecule has 2 heterocycles. The van der Waals surface area contributed by atoms with Crippen LogP contribution in [0, 0.1) is 5.92 Å². The Bertz CT molecular complexity index is 459. The topological polar surface area (TPSA) is 54.5 Å². The summed E-state index contributed by atoms with van der Waals surface area (Å²) in [5, 5.41) is 3.18. The second-order valence-electron chi connectivity index (χ2n) is 6.59. The van der Waals surface area contributed by atoms with Crippen LogP contribution in [-0.2, 0) is 9.53 Å². The Kier molecular flexibility index (Phi) is 7.49. The SMILES string of the molecule is CC(C)C[C@H](NC(=O)CCCN1CCOCC1)c1cccnc1. The summed E-state index contributed by atoms with van der Waals surface area (Å²) in [4.78, 5) is 18.8. The van der Waals surface area contributed by atoms with Crippen LogP contribution in [-0.4, -0.2) is 48.6 Å². The van der Waals surface area contributed by atoms with Gasteiger partial charge in [-0.1, -0.05) is 19.9 Å². The van der Waals surface area contributed by atoms with E-state index in [1.165, 1.54) is 0 Å². The van der Waals surface area contributed by atoms with Gasteiger partial charge in [-0.25, -0.2) is 0 Å². The number of hydrogen-bond acceptors (Lipinski definition) is 4. The molecule has 1 atom stereocenters. The van der Waals surface area contributed by atoms with E-state index in [-0.39, 0.29) is 11.9 Å². The predicted octanol–water partition coefficient (Wildman–Crippen LogP) is 2.40. The first-order valence-corrected chi connectivity index (χ1v) is 8.64. The summed E-state index contributed by atoms with van der Waals surface area (Å²) < 4.78 is 5.34. The molecule has 0 aliphatic carbocycles. The molecule has 1 saturated heterocycles. The van der Waals surface area contributed by atoms with Crippen molar-refractivity contribution in [2.45, 2.75) is 39.2 Å². The average Bonchev–Trinajstić information content (AvgIpc) is 2.56. The molecule has 1 aromatic heterocycles. The van der Waals surface area contributed by atoms with E-state index in [0.717, 1.165) is 51.3 Å². The van der Waals surface area contributed by atoms with Crippen molar-refractivity contribution in [1.29, 1.82) is 0 Å². The minimum atomic E-state index is 0.0552. The zero-order valence-corrected chi connectivity index (χ0v) is 14.3. The van der Waals surface area contributed by atoms with Crippen molar-refractivity contribution in [2.24, 2.45) is 5.92 Å². The highest BCUT2D eigenvalue weighted by Crippen LogP contribution is 2.20. The number of carbonyl (C=O) groups excluding carboxylic acids is 1. The van der Waals surface area contributed by atoms with E-state index in [4.69, 9.17) is 4.74 Å². The number of amides is 1. The van der Waals surface area contributed by atoms with Gasteiger partial charge in [0.15, 0.2) is 0 Å². The van der Waals surface area contributed by atoms with Crippen LogP contribution >= 0.6 is 0 Å². The zero-order valence-electron chi connectivity index (χ0n) is 14.3. The summed E-state index contributed by atoms with van der Waals surface area (Å²) in [6.07, 6.45) is 6.02. The summed E-state index contributed by atoms with van der Waals surface area (Å²) in [5.74, 6) is 0.654. The standard InChI is InChI=1S/C18H29N3O2/c1-15(2)13-17(16-5-3-7-19-14-16)20-18(22)6-4-8-21-9-11-23-12-10-21/h3,5,7,14-15,17H,4,6,8-13H2,1-2H3,(H,20,22)/t17-/m0/s1. The summed E-state index contributed by atoms with van der Waals surface area (Å²) >= 11 is 0. The van der Waals surface area contributed by atoms with Crippen LogP contribution < -0.4 is 5.32 Å². The average molecular weight is 319 g/mol. The van der Waals surface area contributed by atoms with Crippen LogP contribution in [0.2, 0.25) is 0 Å². The maximum Gasteiger partial charge on any atom is 0.220 e. The second kappa shape index (κ2) is 9.63. The molecule has 5 nitrogen and oxygen atoms in total. The molecule has 0 bridgehead atoms. The molecule has 0 unspecified atom stereocenters. The van der Waals surface area contributed by atoms with Crippen LogP contribution in [0.4, 0.5) is 0 Å². The molecule has 0 spiro atoms. The summed E-state index contributed by atoms with van der Waals surface area (Å²) in [7, 11) is 0. The number of ether oxygens (including phenoxy) is 1. The Labute approximate surface area is 139 Å². The van der Waals surface area contributed by atoms with Gasteiger partial charge in [-0.3, -0.25) is 14.7 Å². The predicted molar refractivity (Wildman–Crippen MR) is 91.1 cm³/mol. The third-order valence-corrected chi connectivity index (χ3v) is 4.11. The number of aromatic nitrogens is 1. The van der Waals surface area contributed by atoms with Gasteiger partial charge >= 0.3 is 0 Å². The van der Waals surface area contributed by atoms with E-state index in [1.807, 2.05) is 18.3 Å². The molecule has 1 amide bonds. The summed E-state index contributed by atoms with van der Waals surface area (Å²) in [5.41, 5.74) is 1.09. The fourth-order valence-electron chi connectivity index (χ4n) is 2.89. The lowest BCUT2D eigenvalue weighted by molar-refractivity contribution is -0.122. The first kappa shape index (κ1) is 17.9. The lowest BCUT2D eigenvalue weighted by Gasteiger charge is -2.26. The molecule has 0 radical (unpaired) electrons. The van der Waals surface area contributed by atoms with Crippen molar-refractivity contribution in [3.63, 3.8) is 0 Å². The van der Waals surface area contributed by atoms with Gasteiger partial charge in [-0.05, 0) is 36.9 Å². The van der Waals surface area contributed by atoms with Crippen LogP contribution in [0.5, 0.6) is 0 Å². The van der Waals surface area contributed by atoms with Crippen molar-refractivity contribution >= 4 is 5.91 Å². The highest BCUT2D eigenvalue weighted by atomic mass is 16.5. The molecule has 1 aliphatic heterocycles. The molecule has 23 heavy (non-hydrogen) atoms. The Morgan fingerprint density at radius 3 is 2.83 bits per heavy atom. The van der Waals surface area contributed by atoms with Crippen LogP contribution in [0.1, 0.15) is 44.7 Å². The molecule has 0 aromatic carbocycles. The Morgan fingerprint density at radius 1 is 1.39 bits per heavy atom. The molecule has 1 aromatic rings. The van der Waals surface area contributed by atoms with Crippen LogP contribution in [0.25, 0.3) is 0 Å². The molecule has 128 valence electrons. The summed E-state index contributed by atoms with van der Waals surface area (Å²) in [6.45, 7) is 8.90. The van der Waals surface area contributed by atoms with Crippen LogP contribution in [0.15, 0.2) is 24.5 Å². The normalized spacial score (nSPS) is 17.2. The third-order valence-electron chi connectivity index (χ3n) is 4.11. The second-order valence-corrected chi connectivity index (χ2v) is 6.59. The maximum absolute atomic E-state index is 12.3. The number of rotatable bonds is 8. The largest absolute Gasteiger partial charge is 0.379 e. The smallest absolute Gasteiger partial charge is 0.220 e. The molecular formula is C18H29N3O2. The number of morpholine rings is 1. The van der Waals surface area contributed by atoms with Gasteiger partial charge in [0.05, 0.1) is 19.3 Å². The van der Waals surface area contributed by atoms with Gasteiger partial charge in [-0.15, -0.1) is 0 Å². The van der Waals surface area contributed by atoms with Crippen molar-refractivity contribution in [3.8, 4) is 0 Å². The fraction of sp³-hybridized carbons (Fsp3) is 0.667. The van der Waals surface area contributed by atoms with Gasteiger partial charge in [0, 0.05) is 31.9 Å². The lowest BCUT2D eigenvalue weighted by atomic mass is 9.98. The fourth-order valence-corrected chi connectivity index (χ4v) is 2.89. The van der Waals surface area contributed by atoms with Crippen molar-refractivity contribution in [2.75, 3.05) is 32.8 Å². The monoisotopic (exact) mass is 319 g/mol. The lowest BCUT2D eigenvalue weighted by Crippen LogP contribution is -2.37. The molecular weight excluding hydrogens is 290 g/mol. The molecule has 2 rings (SSSR count). The first-order valence-electron chi connectivity index (χ1n) is 8.64. The number of nitrogens with zero attached hydrogens (tertiary/aromatic N) is 2. The number of carbonyl (C=O) groups is 1. The molecule has 0 saturated carbocycles. The zero-order chi connectivity index (χ0) is 16.5. The first-order chi connectivity index (χ1) is 11.1. The van der Waals surface area contributed by atoms with Crippen LogP contribution in [0.3, 0.4) is 0 Å².